The van der Waals surface area contributed by atoms with Gasteiger partial charge in [-0.1, -0.05) is 24.3 Å². The van der Waals surface area contributed by atoms with E-state index in [0.29, 0.717) is 22.6 Å². The number of hydrogen-bond acceptors (Lipinski definition) is 6. The molecule has 0 saturated heterocycles. The standard InChI is InChI=1S/C22H31N3O6S2/c1-16(2)24-32(27,28)14-19-8-6-5-7-18(19)13-23-22(26)15-33(29,30)25-20-9-11-21(12-10-20)31-17(3)4/h5-12,16-17,24-25H,13-15H2,1-4H3,(H,23,26). The van der Waals surface area contributed by atoms with Crippen molar-refractivity contribution in [2.45, 2.75) is 52.1 Å². The Balaban J connectivity index is 1.96. The van der Waals surface area contributed by atoms with Crippen LogP contribution < -0.4 is 19.5 Å². The molecule has 0 radical (unpaired) electrons. The summed E-state index contributed by atoms with van der Waals surface area (Å²) in [6, 6.07) is 12.9. The molecule has 2 rings (SSSR count). The van der Waals surface area contributed by atoms with Gasteiger partial charge in [0.25, 0.3) is 0 Å². The lowest BCUT2D eigenvalue weighted by Gasteiger charge is -2.14. The molecule has 0 bridgehead atoms. The summed E-state index contributed by atoms with van der Waals surface area (Å²) in [6.07, 6.45) is -0.00653. The first kappa shape index (κ1) is 26.6. The molecule has 3 N–H and O–H groups in total. The Labute approximate surface area is 196 Å². The van der Waals surface area contributed by atoms with Gasteiger partial charge in [-0.2, -0.15) is 0 Å². The lowest BCUT2D eigenvalue weighted by molar-refractivity contribution is -0.118. The van der Waals surface area contributed by atoms with Gasteiger partial charge in [0.1, 0.15) is 11.5 Å². The minimum absolute atomic E-state index is 0.00294. The lowest BCUT2D eigenvalue weighted by Crippen LogP contribution is -2.33. The van der Waals surface area contributed by atoms with Crippen molar-refractivity contribution in [2.75, 3.05) is 10.5 Å². The number of hydrogen-bond donors (Lipinski definition) is 3. The fraction of sp³-hybridized carbons (Fsp3) is 0.409. The first-order chi connectivity index (χ1) is 15.3. The van der Waals surface area contributed by atoms with Gasteiger partial charge in [0.15, 0.2) is 0 Å². The smallest absolute Gasteiger partial charge is 0.241 e. The molecule has 182 valence electrons. The third kappa shape index (κ3) is 9.80. The van der Waals surface area contributed by atoms with Crippen LogP contribution in [0.2, 0.25) is 0 Å². The molecule has 0 aliphatic heterocycles. The maximum Gasteiger partial charge on any atom is 0.241 e. The molecule has 0 heterocycles. The van der Waals surface area contributed by atoms with E-state index in [-0.39, 0.29) is 24.4 Å². The van der Waals surface area contributed by atoms with Gasteiger partial charge in [-0.3, -0.25) is 9.52 Å². The van der Waals surface area contributed by atoms with E-state index in [0.717, 1.165) is 0 Å². The largest absolute Gasteiger partial charge is 0.491 e. The van der Waals surface area contributed by atoms with Gasteiger partial charge < -0.3 is 10.1 Å². The highest BCUT2D eigenvalue weighted by Crippen LogP contribution is 2.18. The van der Waals surface area contributed by atoms with E-state index >= 15 is 0 Å². The quantitative estimate of drug-likeness (QED) is 0.413. The summed E-state index contributed by atoms with van der Waals surface area (Å²) in [5.41, 5.74) is 1.42. The highest BCUT2D eigenvalue weighted by Gasteiger charge is 2.18. The number of nitrogens with one attached hydrogen (secondary N) is 3. The molecule has 0 atom stereocenters. The number of carbonyl (C=O) groups excluding carboxylic acids is 1. The molecule has 0 saturated carbocycles. The Kier molecular flexibility index (Phi) is 9.26. The SMILES string of the molecule is CC(C)NS(=O)(=O)Cc1ccccc1CNC(=O)CS(=O)(=O)Nc1ccc(OC(C)C)cc1. The summed E-state index contributed by atoms with van der Waals surface area (Å²) < 4.78 is 59.6. The third-order valence-corrected chi connectivity index (χ3v) is 6.89. The fourth-order valence-electron chi connectivity index (χ4n) is 2.98. The molecule has 0 aliphatic rings. The predicted octanol–water partition coefficient (Wildman–Crippen LogP) is 2.36. The van der Waals surface area contributed by atoms with Gasteiger partial charge in [0, 0.05) is 18.3 Å². The second-order valence-electron chi connectivity index (χ2n) is 8.13. The number of benzene rings is 2. The minimum Gasteiger partial charge on any atom is -0.491 e. The number of carbonyl (C=O) groups is 1. The Morgan fingerprint density at radius 2 is 1.48 bits per heavy atom. The second-order valence-corrected chi connectivity index (χ2v) is 11.6. The van der Waals surface area contributed by atoms with Gasteiger partial charge in [-0.05, 0) is 63.1 Å². The van der Waals surface area contributed by atoms with E-state index in [1.807, 2.05) is 13.8 Å². The topological polar surface area (TPSA) is 131 Å². The van der Waals surface area contributed by atoms with Gasteiger partial charge >= 0.3 is 0 Å². The number of sulfonamides is 2. The van der Waals surface area contributed by atoms with Gasteiger partial charge in [0.2, 0.25) is 26.0 Å². The number of rotatable bonds is 12. The van der Waals surface area contributed by atoms with E-state index in [1.165, 1.54) is 0 Å². The molecule has 2 aromatic carbocycles. The summed E-state index contributed by atoms with van der Waals surface area (Å²) in [6.45, 7) is 7.23. The Bertz CT molecular complexity index is 1140. The first-order valence-electron chi connectivity index (χ1n) is 10.5. The number of amides is 1. The van der Waals surface area contributed by atoms with E-state index in [1.54, 1.807) is 62.4 Å². The monoisotopic (exact) mass is 497 g/mol. The van der Waals surface area contributed by atoms with Crippen molar-refractivity contribution < 1.29 is 26.4 Å². The third-order valence-electron chi connectivity index (χ3n) is 4.18. The van der Waals surface area contributed by atoms with Crippen LogP contribution in [0.1, 0.15) is 38.8 Å². The van der Waals surface area contributed by atoms with Crippen molar-refractivity contribution in [3.63, 3.8) is 0 Å². The predicted molar refractivity (Wildman–Crippen MR) is 129 cm³/mol. The van der Waals surface area contributed by atoms with Crippen LogP contribution in [0.3, 0.4) is 0 Å². The molecule has 11 heteroatoms. The minimum atomic E-state index is -3.94. The molecule has 0 unspecified atom stereocenters. The maximum atomic E-state index is 12.4. The summed E-state index contributed by atoms with van der Waals surface area (Å²) >= 11 is 0. The zero-order valence-electron chi connectivity index (χ0n) is 19.2. The van der Waals surface area contributed by atoms with Crippen LogP contribution in [-0.4, -0.2) is 40.6 Å². The van der Waals surface area contributed by atoms with Crippen molar-refractivity contribution in [3.8, 4) is 5.75 Å². The van der Waals surface area contributed by atoms with Crippen LogP contribution in [-0.2, 0) is 37.1 Å². The van der Waals surface area contributed by atoms with E-state index in [9.17, 15) is 21.6 Å². The normalized spacial score (nSPS) is 12.1. The zero-order valence-corrected chi connectivity index (χ0v) is 20.8. The van der Waals surface area contributed by atoms with Crippen LogP contribution in [0.15, 0.2) is 48.5 Å². The Morgan fingerprint density at radius 3 is 2.06 bits per heavy atom. The molecule has 33 heavy (non-hydrogen) atoms. The fourth-order valence-corrected chi connectivity index (χ4v) is 5.49. The van der Waals surface area contributed by atoms with Crippen LogP contribution in [0.5, 0.6) is 5.75 Å². The lowest BCUT2D eigenvalue weighted by atomic mass is 10.1. The molecule has 0 aliphatic carbocycles. The molecule has 9 nitrogen and oxygen atoms in total. The van der Waals surface area contributed by atoms with Crippen LogP contribution in [0.25, 0.3) is 0 Å². The number of anilines is 1. The molecule has 2 aromatic rings. The summed E-state index contributed by atoms with van der Waals surface area (Å²) in [4.78, 5) is 12.3. The average Bonchev–Trinajstić information content (AvgIpc) is 2.66. The molecular weight excluding hydrogens is 466 g/mol. The molecule has 1 amide bonds. The molecule has 0 spiro atoms. The van der Waals surface area contributed by atoms with Crippen molar-refractivity contribution in [1.82, 2.24) is 10.0 Å². The highest BCUT2D eigenvalue weighted by molar-refractivity contribution is 7.93. The Morgan fingerprint density at radius 1 is 0.879 bits per heavy atom. The molecule has 0 aromatic heterocycles. The van der Waals surface area contributed by atoms with Crippen molar-refractivity contribution in [3.05, 3.63) is 59.7 Å². The zero-order chi connectivity index (χ0) is 24.6. The summed E-state index contributed by atoms with van der Waals surface area (Å²) in [5, 5.41) is 2.55. The van der Waals surface area contributed by atoms with Gasteiger partial charge in [-0.15, -0.1) is 0 Å². The summed E-state index contributed by atoms with van der Waals surface area (Å²) in [5.74, 6) is -1.12. The second kappa shape index (κ2) is 11.5. The van der Waals surface area contributed by atoms with E-state index < -0.39 is 31.7 Å². The van der Waals surface area contributed by atoms with Gasteiger partial charge in [0.05, 0.1) is 11.9 Å². The first-order valence-corrected chi connectivity index (χ1v) is 13.8. The highest BCUT2D eigenvalue weighted by atomic mass is 32.2. The molecular formula is C22H31N3O6S2. The van der Waals surface area contributed by atoms with Crippen LogP contribution in [0, 0.1) is 0 Å². The molecule has 0 fully saturated rings. The summed E-state index contributed by atoms with van der Waals surface area (Å²) in [7, 11) is -7.48. The number of ether oxygens (including phenoxy) is 1. The van der Waals surface area contributed by atoms with E-state index in [4.69, 9.17) is 4.74 Å². The van der Waals surface area contributed by atoms with E-state index in [2.05, 4.69) is 14.8 Å². The maximum absolute atomic E-state index is 12.4. The van der Waals surface area contributed by atoms with Crippen molar-refractivity contribution >= 4 is 31.6 Å². The van der Waals surface area contributed by atoms with Gasteiger partial charge in [-0.25, -0.2) is 21.6 Å². The van der Waals surface area contributed by atoms with Crippen molar-refractivity contribution in [2.24, 2.45) is 0 Å². The van der Waals surface area contributed by atoms with Crippen molar-refractivity contribution in [1.29, 1.82) is 0 Å². The van der Waals surface area contributed by atoms with Crippen LogP contribution in [0.4, 0.5) is 5.69 Å². The van der Waals surface area contributed by atoms with Crippen LogP contribution >= 0.6 is 0 Å². The Hall–Kier alpha value is -2.63. The average molecular weight is 498 g/mol.